The second kappa shape index (κ2) is 5.67. The van der Waals surface area contributed by atoms with Gasteiger partial charge in [-0.1, -0.05) is 6.07 Å². The van der Waals surface area contributed by atoms with E-state index < -0.39 is 23.5 Å². The van der Waals surface area contributed by atoms with Gasteiger partial charge in [0.1, 0.15) is 17.5 Å². The SMILES string of the molecule is CNC(c1cc(C)cc(F)c1)c1cc(F)c(C)cc1F. The molecular weight excluding hydrogens is 263 g/mol. The standard InChI is InChI=1S/C16H16F3N/c1-9-4-11(7-12(17)5-9)16(20-3)13-8-14(18)10(2)6-15(13)19/h4-8,16,20H,1-3H3. The van der Waals surface area contributed by atoms with Crippen molar-refractivity contribution in [1.29, 1.82) is 0 Å². The zero-order chi connectivity index (χ0) is 14.9. The van der Waals surface area contributed by atoms with Crippen molar-refractivity contribution < 1.29 is 13.2 Å². The lowest BCUT2D eigenvalue weighted by atomic mass is 9.96. The summed E-state index contributed by atoms with van der Waals surface area (Å²) in [7, 11) is 1.63. The molecule has 106 valence electrons. The first-order valence-electron chi connectivity index (χ1n) is 6.32. The summed E-state index contributed by atoms with van der Waals surface area (Å²) in [6.45, 7) is 3.26. The molecule has 1 unspecified atom stereocenters. The number of nitrogens with one attached hydrogen (secondary N) is 1. The van der Waals surface area contributed by atoms with Crippen LogP contribution in [0.3, 0.4) is 0 Å². The predicted molar refractivity (Wildman–Crippen MR) is 73.1 cm³/mol. The van der Waals surface area contributed by atoms with E-state index in [1.165, 1.54) is 19.1 Å². The predicted octanol–water partition coefficient (Wildman–Crippen LogP) is 4.03. The van der Waals surface area contributed by atoms with Gasteiger partial charge in [-0.2, -0.15) is 0 Å². The Morgan fingerprint density at radius 3 is 2.20 bits per heavy atom. The van der Waals surface area contributed by atoms with Gasteiger partial charge in [-0.15, -0.1) is 0 Å². The highest BCUT2D eigenvalue weighted by atomic mass is 19.1. The summed E-state index contributed by atoms with van der Waals surface area (Å²) in [5, 5.41) is 2.90. The van der Waals surface area contributed by atoms with Crippen molar-refractivity contribution in [3.63, 3.8) is 0 Å². The molecule has 0 heterocycles. The molecule has 0 saturated carbocycles. The van der Waals surface area contributed by atoms with Crippen molar-refractivity contribution in [3.05, 3.63) is 70.0 Å². The van der Waals surface area contributed by atoms with E-state index in [2.05, 4.69) is 5.32 Å². The molecule has 2 aromatic rings. The fourth-order valence-corrected chi connectivity index (χ4v) is 2.32. The minimum absolute atomic E-state index is 0.167. The number of hydrogen-bond donors (Lipinski definition) is 1. The van der Waals surface area contributed by atoms with Crippen LogP contribution >= 0.6 is 0 Å². The van der Waals surface area contributed by atoms with Crippen LogP contribution in [-0.2, 0) is 0 Å². The Morgan fingerprint density at radius 2 is 1.60 bits per heavy atom. The Kier molecular flexibility index (Phi) is 4.14. The van der Waals surface area contributed by atoms with Crippen molar-refractivity contribution in [2.45, 2.75) is 19.9 Å². The summed E-state index contributed by atoms with van der Waals surface area (Å²) < 4.78 is 41.2. The molecule has 0 bridgehead atoms. The molecule has 2 rings (SSSR count). The quantitative estimate of drug-likeness (QED) is 0.894. The molecule has 1 nitrogen and oxygen atoms in total. The maximum atomic E-state index is 14.1. The molecule has 0 amide bonds. The summed E-state index contributed by atoms with van der Waals surface area (Å²) in [6.07, 6.45) is 0. The first kappa shape index (κ1) is 14.6. The van der Waals surface area contributed by atoms with Gasteiger partial charge in [0.05, 0.1) is 6.04 Å². The molecule has 1 N–H and O–H groups in total. The Morgan fingerprint density at radius 1 is 0.900 bits per heavy atom. The van der Waals surface area contributed by atoms with Crippen LogP contribution in [0.1, 0.15) is 28.3 Å². The van der Waals surface area contributed by atoms with Crippen LogP contribution in [-0.4, -0.2) is 7.05 Å². The minimum Gasteiger partial charge on any atom is -0.309 e. The van der Waals surface area contributed by atoms with E-state index in [4.69, 9.17) is 0 Å². The van der Waals surface area contributed by atoms with Crippen LogP contribution in [0.15, 0.2) is 30.3 Å². The third-order valence-corrected chi connectivity index (χ3v) is 3.28. The van der Waals surface area contributed by atoms with Crippen molar-refractivity contribution in [1.82, 2.24) is 5.32 Å². The second-order valence-corrected chi connectivity index (χ2v) is 4.91. The molecular formula is C16H16F3N. The topological polar surface area (TPSA) is 12.0 Å². The van der Waals surface area contributed by atoms with E-state index in [0.717, 1.165) is 17.7 Å². The van der Waals surface area contributed by atoms with E-state index in [1.54, 1.807) is 20.0 Å². The number of rotatable bonds is 3. The maximum absolute atomic E-state index is 14.1. The third kappa shape index (κ3) is 2.85. The molecule has 0 aliphatic heterocycles. The first-order chi connectivity index (χ1) is 9.42. The molecule has 20 heavy (non-hydrogen) atoms. The lowest BCUT2D eigenvalue weighted by Gasteiger charge is -2.19. The summed E-state index contributed by atoms with van der Waals surface area (Å²) in [4.78, 5) is 0. The van der Waals surface area contributed by atoms with Gasteiger partial charge in [-0.3, -0.25) is 0 Å². The number of benzene rings is 2. The van der Waals surface area contributed by atoms with Gasteiger partial charge in [0, 0.05) is 5.56 Å². The fourth-order valence-electron chi connectivity index (χ4n) is 2.32. The summed E-state index contributed by atoms with van der Waals surface area (Å²) in [6, 6.07) is 6.18. The van der Waals surface area contributed by atoms with Crippen LogP contribution in [0.2, 0.25) is 0 Å². The smallest absolute Gasteiger partial charge is 0.128 e. The van der Waals surface area contributed by atoms with E-state index in [9.17, 15) is 13.2 Å². The monoisotopic (exact) mass is 279 g/mol. The van der Waals surface area contributed by atoms with Crippen LogP contribution in [0.4, 0.5) is 13.2 Å². The van der Waals surface area contributed by atoms with Gasteiger partial charge in [-0.25, -0.2) is 13.2 Å². The average molecular weight is 279 g/mol. The Labute approximate surface area is 116 Å². The Balaban J connectivity index is 2.55. The Hall–Kier alpha value is -1.81. The van der Waals surface area contributed by atoms with E-state index >= 15 is 0 Å². The molecule has 0 aromatic heterocycles. The lowest BCUT2D eigenvalue weighted by molar-refractivity contribution is 0.551. The average Bonchev–Trinajstić information content (AvgIpc) is 2.35. The van der Waals surface area contributed by atoms with E-state index in [-0.39, 0.29) is 11.1 Å². The lowest BCUT2D eigenvalue weighted by Crippen LogP contribution is -2.19. The maximum Gasteiger partial charge on any atom is 0.128 e. The van der Waals surface area contributed by atoms with Crippen molar-refractivity contribution in [3.8, 4) is 0 Å². The third-order valence-electron chi connectivity index (χ3n) is 3.28. The van der Waals surface area contributed by atoms with Gasteiger partial charge >= 0.3 is 0 Å². The van der Waals surface area contributed by atoms with Gasteiger partial charge < -0.3 is 5.32 Å². The molecule has 0 aliphatic carbocycles. The normalized spacial score (nSPS) is 12.5. The van der Waals surface area contributed by atoms with E-state index in [0.29, 0.717) is 5.56 Å². The molecule has 0 saturated heterocycles. The Bertz CT molecular complexity index is 618. The highest BCUT2D eigenvalue weighted by molar-refractivity contribution is 5.37. The molecule has 0 spiro atoms. The van der Waals surface area contributed by atoms with Gasteiger partial charge in [0.2, 0.25) is 0 Å². The highest BCUT2D eigenvalue weighted by Crippen LogP contribution is 2.27. The minimum atomic E-state index is -0.598. The zero-order valence-electron chi connectivity index (χ0n) is 11.6. The fraction of sp³-hybridized carbons (Fsp3) is 0.250. The molecule has 2 aromatic carbocycles. The highest BCUT2D eigenvalue weighted by Gasteiger charge is 2.19. The number of aryl methyl sites for hydroxylation is 2. The van der Waals surface area contributed by atoms with Crippen molar-refractivity contribution in [2.75, 3.05) is 7.05 Å². The van der Waals surface area contributed by atoms with Crippen LogP contribution < -0.4 is 5.32 Å². The number of hydrogen-bond acceptors (Lipinski definition) is 1. The van der Waals surface area contributed by atoms with Crippen molar-refractivity contribution in [2.24, 2.45) is 0 Å². The molecule has 0 fully saturated rings. The van der Waals surface area contributed by atoms with Gasteiger partial charge in [0.15, 0.2) is 0 Å². The van der Waals surface area contributed by atoms with Crippen molar-refractivity contribution >= 4 is 0 Å². The molecule has 0 radical (unpaired) electrons. The number of halogens is 3. The molecule has 0 aliphatic rings. The van der Waals surface area contributed by atoms with Crippen LogP contribution in [0.25, 0.3) is 0 Å². The second-order valence-electron chi connectivity index (χ2n) is 4.91. The van der Waals surface area contributed by atoms with E-state index in [1.807, 2.05) is 0 Å². The molecule has 1 atom stereocenters. The molecule has 4 heteroatoms. The zero-order valence-corrected chi connectivity index (χ0v) is 11.6. The van der Waals surface area contributed by atoms with Crippen LogP contribution in [0, 0.1) is 31.3 Å². The first-order valence-corrected chi connectivity index (χ1v) is 6.32. The summed E-state index contributed by atoms with van der Waals surface area (Å²) in [5.74, 6) is -1.38. The van der Waals surface area contributed by atoms with Gasteiger partial charge in [0.25, 0.3) is 0 Å². The summed E-state index contributed by atoms with van der Waals surface area (Å²) in [5.41, 5.74) is 1.71. The largest absolute Gasteiger partial charge is 0.309 e. The van der Waals surface area contributed by atoms with Crippen LogP contribution in [0.5, 0.6) is 0 Å². The van der Waals surface area contributed by atoms with Gasteiger partial charge in [-0.05, 0) is 61.9 Å². The summed E-state index contributed by atoms with van der Waals surface area (Å²) >= 11 is 0.